The van der Waals surface area contributed by atoms with Crippen LogP contribution in [0.1, 0.15) is 12.5 Å². The second-order valence-electron chi connectivity index (χ2n) is 3.13. The number of aldehydes is 1. The van der Waals surface area contributed by atoms with Gasteiger partial charge in [-0.15, -0.1) is 0 Å². The molecule has 1 aliphatic heterocycles. The molecule has 0 amide bonds. The van der Waals surface area contributed by atoms with Crippen molar-refractivity contribution in [1.82, 2.24) is 0 Å². The Hall–Kier alpha value is -1.97. The fourth-order valence-electron chi connectivity index (χ4n) is 1.42. The second kappa shape index (κ2) is 3.65. The van der Waals surface area contributed by atoms with Gasteiger partial charge in [-0.25, -0.2) is 0 Å². The Morgan fingerprint density at radius 3 is 2.93 bits per heavy atom. The van der Waals surface area contributed by atoms with Gasteiger partial charge in [-0.1, -0.05) is 0 Å². The average molecular weight is 206 g/mol. The smallest absolute Gasteiger partial charge is 0.239 e. The van der Waals surface area contributed by atoms with Gasteiger partial charge in [0.25, 0.3) is 0 Å². The van der Waals surface area contributed by atoms with Crippen molar-refractivity contribution in [3.8, 4) is 17.2 Å². The van der Waals surface area contributed by atoms with Gasteiger partial charge in [-0.05, 0) is 24.3 Å². The van der Waals surface area contributed by atoms with Crippen LogP contribution in [0.15, 0.2) is 18.2 Å². The van der Waals surface area contributed by atoms with Crippen molar-refractivity contribution in [1.29, 1.82) is 0 Å². The molecule has 1 aliphatic rings. The number of rotatable bonds is 2. The molecule has 1 unspecified atom stereocenters. The highest BCUT2D eigenvalue weighted by Crippen LogP contribution is 2.44. The van der Waals surface area contributed by atoms with Gasteiger partial charge < -0.3 is 14.6 Å². The number of phenols is 1. The van der Waals surface area contributed by atoms with E-state index in [9.17, 15) is 9.90 Å². The maximum absolute atomic E-state index is 10.2. The standard InChI is InChI=1S/C11H10O4/c1-7-14-9-5-4-8(3-2-6-12)10(13)11(9)15-7/h2-7,13H,1H3/b3-2+. The van der Waals surface area contributed by atoms with Gasteiger partial charge in [-0.3, -0.25) is 4.79 Å². The first-order chi connectivity index (χ1) is 7.22. The van der Waals surface area contributed by atoms with Crippen LogP contribution in [0.2, 0.25) is 0 Å². The maximum atomic E-state index is 10.2. The summed E-state index contributed by atoms with van der Waals surface area (Å²) in [6.45, 7) is 1.74. The highest BCUT2D eigenvalue weighted by atomic mass is 16.7. The fraction of sp³-hybridized carbons (Fsp3) is 0.182. The molecule has 1 N–H and O–H groups in total. The number of benzene rings is 1. The van der Waals surface area contributed by atoms with Crippen LogP contribution in [-0.4, -0.2) is 17.7 Å². The van der Waals surface area contributed by atoms with E-state index in [1.54, 1.807) is 19.1 Å². The first-order valence-electron chi connectivity index (χ1n) is 4.53. The van der Waals surface area contributed by atoms with Gasteiger partial charge in [0.15, 0.2) is 11.5 Å². The number of phenolic OH excluding ortho intramolecular Hbond substituents is 1. The van der Waals surface area contributed by atoms with Crippen molar-refractivity contribution in [3.05, 3.63) is 23.8 Å². The Balaban J connectivity index is 2.42. The number of allylic oxidation sites excluding steroid dienone is 1. The Labute approximate surface area is 86.7 Å². The van der Waals surface area contributed by atoms with Gasteiger partial charge in [-0.2, -0.15) is 0 Å². The first-order valence-corrected chi connectivity index (χ1v) is 4.53. The van der Waals surface area contributed by atoms with Crippen LogP contribution < -0.4 is 9.47 Å². The third-order valence-electron chi connectivity index (χ3n) is 2.06. The van der Waals surface area contributed by atoms with Gasteiger partial charge >= 0.3 is 0 Å². The summed E-state index contributed by atoms with van der Waals surface area (Å²) < 4.78 is 10.5. The maximum Gasteiger partial charge on any atom is 0.239 e. The highest BCUT2D eigenvalue weighted by molar-refractivity contribution is 5.77. The summed E-state index contributed by atoms with van der Waals surface area (Å²) in [7, 11) is 0. The molecule has 0 saturated carbocycles. The lowest BCUT2D eigenvalue weighted by Crippen LogP contribution is -2.11. The summed E-state index contributed by atoms with van der Waals surface area (Å²) in [5.74, 6) is 0.841. The SMILES string of the molecule is CC1Oc2ccc(/C=C/C=O)c(O)c2O1. The number of aromatic hydroxyl groups is 1. The van der Waals surface area contributed by atoms with Crippen LogP contribution in [-0.2, 0) is 4.79 Å². The number of carbonyl (C=O) groups excluding carboxylic acids is 1. The molecular weight excluding hydrogens is 196 g/mol. The summed E-state index contributed by atoms with van der Waals surface area (Å²) in [5.41, 5.74) is 0.526. The Morgan fingerprint density at radius 2 is 2.20 bits per heavy atom. The molecule has 0 bridgehead atoms. The minimum Gasteiger partial charge on any atom is -0.504 e. The topological polar surface area (TPSA) is 55.8 Å². The lowest BCUT2D eigenvalue weighted by molar-refractivity contribution is -0.104. The average Bonchev–Trinajstić information content (AvgIpc) is 2.59. The van der Waals surface area contributed by atoms with Crippen LogP contribution in [0.5, 0.6) is 17.2 Å². The molecule has 0 radical (unpaired) electrons. The van der Waals surface area contributed by atoms with E-state index in [1.165, 1.54) is 12.2 Å². The zero-order valence-corrected chi connectivity index (χ0v) is 8.14. The predicted molar refractivity (Wildman–Crippen MR) is 53.9 cm³/mol. The molecule has 1 atom stereocenters. The van der Waals surface area contributed by atoms with E-state index in [0.717, 1.165) is 0 Å². The number of carbonyl (C=O) groups is 1. The Kier molecular flexibility index (Phi) is 2.33. The zero-order valence-electron chi connectivity index (χ0n) is 8.14. The third-order valence-corrected chi connectivity index (χ3v) is 2.06. The molecule has 4 nitrogen and oxygen atoms in total. The van der Waals surface area contributed by atoms with Gasteiger partial charge in [0.2, 0.25) is 12.0 Å². The van der Waals surface area contributed by atoms with Crippen LogP contribution in [0.3, 0.4) is 0 Å². The largest absolute Gasteiger partial charge is 0.504 e. The Bertz CT molecular complexity index is 423. The summed E-state index contributed by atoms with van der Waals surface area (Å²) in [5, 5.41) is 9.78. The van der Waals surface area contributed by atoms with Crippen molar-refractivity contribution in [3.63, 3.8) is 0 Å². The molecule has 0 saturated heterocycles. The Morgan fingerprint density at radius 1 is 1.40 bits per heavy atom. The number of fused-ring (bicyclic) bond motifs is 1. The predicted octanol–water partition coefficient (Wildman–Crippen LogP) is 1.72. The minimum absolute atomic E-state index is 0.00468. The van der Waals surface area contributed by atoms with Crippen LogP contribution >= 0.6 is 0 Å². The van der Waals surface area contributed by atoms with Gasteiger partial charge in [0, 0.05) is 12.5 Å². The summed E-state index contributed by atoms with van der Waals surface area (Å²) in [4.78, 5) is 10.2. The molecule has 0 aliphatic carbocycles. The first kappa shape index (κ1) is 9.58. The molecule has 0 fully saturated rings. The molecule has 0 aromatic heterocycles. The molecule has 0 spiro atoms. The number of hydrogen-bond donors (Lipinski definition) is 1. The lowest BCUT2D eigenvalue weighted by Gasteiger charge is -2.03. The zero-order chi connectivity index (χ0) is 10.8. The minimum atomic E-state index is -0.392. The number of ether oxygens (including phenoxy) is 2. The van der Waals surface area contributed by atoms with Gasteiger partial charge in [0.05, 0.1) is 0 Å². The van der Waals surface area contributed by atoms with E-state index < -0.39 is 6.29 Å². The monoisotopic (exact) mass is 206 g/mol. The molecule has 1 aromatic carbocycles. The van der Waals surface area contributed by atoms with Crippen molar-refractivity contribution in [2.45, 2.75) is 13.2 Å². The van der Waals surface area contributed by atoms with Crippen LogP contribution in [0.4, 0.5) is 0 Å². The van der Waals surface area contributed by atoms with Crippen molar-refractivity contribution in [2.24, 2.45) is 0 Å². The van der Waals surface area contributed by atoms with E-state index in [1.807, 2.05) is 0 Å². The molecule has 1 aromatic rings. The van der Waals surface area contributed by atoms with E-state index >= 15 is 0 Å². The van der Waals surface area contributed by atoms with Crippen LogP contribution in [0, 0.1) is 0 Å². The molecule has 4 heteroatoms. The summed E-state index contributed by atoms with van der Waals surface area (Å²) >= 11 is 0. The number of hydrogen-bond acceptors (Lipinski definition) is 4. The van der Waals surface area contributed by atoms with Gasteiger partial charge in [0.1, 0.15) is 6.29 Å². The third kappa shape index (κ3) is 1.66. The summed E-state index contributed by atoms with van der Waals surface area (Å²) in [6.07, 6.45) is 3.07. The lowest BCUT2D eigenvalue weighted by atomic mass is 10.1. The fourth-order valence-corrected chi connectivity index (χ4v) is 1.42. The molecule has 2 rings (SSSR count). The molecule has 15 heavy (non-hydrogen) atoms. The quantitative estimate of drug-likeness (QED) is 0.591. The van der Waals surface area contributed by atoms with E-state index in [2.05, 4.69) is 0 Å². The van der Waals surface area contributed by atoms with E-state index in [4.69, 9.17) is 9.47 Å². The van der Waals surface area contributed by atoms with Crippen molar-refractivity contribution in [2.75, 3.05) is 0 Å². The highest BCUT2D eigenvalue weighted by Gasteiger charge is 2.24. The normalized spacial score (nSPS) is 18.3. The van der Waals surface area contributed by atoms with E-state index in [0.29, 0.717) is 23.3 Å². The van der Waals surface area contributed by atoms with Crippen molar-refractivity contribution >= 4 is 12.4 Å². The molecule has 78 valence electrons. The van der Waals surface area contributed by atoms with Crippen LogP contribution in [0.25, 0.3) is 6.08 Å². The molecule has 1 heterocycles. The molecular formula is C11H10O4. The van der Waals surface area contributed by atoms with Crippen molar-refractivity contribution < 1.29 is 19.4 Å². The second-order valence-corrected chi connectivity index (χ2v) is 3.13. The summed E-state index contributed by atoms with van der Waals surface area (Å²) in [6, 6.07) is 3.36. The van der Waals surface area contributed by atoms with E-state index in [-0.39, 0.29) is 5.75 Å².